The van der Waals surface area contributed by atoms with Crippen molar-refractivity contribution in [3.63, 3.8) is 0 Å². The molecule has 1 atom stereocenters. The number of nitrogens with two attached hydrogens (primary N) is 1. The maximum Gasteiger partial charge on any atom is 0.253 e. The molecule has 2 saturated heterocycles. The molecule has 2 aliphatic rings. The number of rotatable bonds is 8. The summed E-state index contributed by atoms with van der Waals surface area (Å²) >= 11 is 14.4. The molecule has 0 radical (unpaired) electrons. The third kappa shape index (κ3) is 8.01. The zero-order valence-corrected chi connectivity index (χ0v) is 29.6. The first-order valence-electron chi connectivity index (χ1n) is 15.2. The van der Waals surface area contributed by atoms with Crippen LogP contribution < -0.4 is 5.73 Å². The van der Waals surface area contributed by atoms with Gasteiger partial charge in [-0.3, -0.25) is 4.79 Å². The highest BCUT2D eigenvalue weighted by Crippen LogP contribution is 2.44. The second-order valence-electron chi connectivity index (χ2n) is 12.1. The molecule has 2 fully saturated rings. The van der Waals surface area contributed by atoms with E-state index in [1.807, 2.05) is 47.4 Å². The lowest BCUT2D eigenvalue weighted by Gasteiger charge is -2.45. The molecule has 0 saturated carbocycles. The van der Waals surface area contributed by atoms with Crippen molar-refractivity contribution in [2.24, 2.45) is 0 Å². The van der Waals surface area contributed by atoms with E-state index < -0.39 is 0 Å². The molecular formula is C35H42Cl4N4O2S. The Balaban J connectivity index is 0.00000192. The minimum atomic E-state index is -0.168. The molecule has 2 aliphatic heterocycles. The van der Waals surface area contributed by atoms with Crippen LogP contribution >= 0.6 is 59.4 Å². The van der Waals surface area contributed by atoms with E-state index in [2.05, 4.69) is 46.7 Å². The fourth-order valence-electron chi connectivity index (χ4n) is 7.24. The Morgan fingerprint density at radius 3 is 2.17 bits per heavy atom. The van der Waals surface area contributed by atoms with Crippen LogP contribution in [0.3, 0.4) is 0 Å². The van der Waals surface area contributed by atoms with Crippen LogP contribution in [0.2, 0.25) is 10.0 Å². The predicted molar refractivity (Wildman–Crippen MR) is 196 cm³/mol. The number of amides is 1. The van der Waals surface area contributed by atoms with Crippen molar-refractivity contribution in [3.8, 4) is 0 Å². The van der Waals surface area contributed by atoms with E-state index in [4.69, 9.17) is 33.9 Å². The van der Waals surface area contributed by atoms with Gasteiger partial charge < -0.3 is 21.0 Å². The van der Waals surface area contributed by atoms with Gasteiger partial charge >= 0.3 is 0 Å². The zero-order valence-electron chi connectivity index (χ0n) is 25.7. The van der Waals surface area contributed by atoms with Crippen molar-refractivity contribution >= 4 is 70.4 Å². The lowest BCUT2D eigenvalue weighted by atomic mass is 9.70. The molecule has 6 nitrogen and oxygen atoms in total. The van der Waals surface area contributed by atoms with Crippen LogP contribution in [-0.4, -0.2) is 58.9 Å². The number of likely N-dealkylation sites (tertiary alicyclic amines) is 2. The van der Waals surface area contributed by atoms with Crippen molar-refractivity contribution < 1.29 is 10.3 Å². The first kappa shape index (κ1) is 38.1. The number of hydrogen-bond acceptors (Lipinski definition) is 5. The number of thiazole rings is 1. The third-order valence-corrected chi connectivity index (χ3v) is 11.0. The van der Waals surface area contributed by atoms with Gasteiger partial charge in [0.1, 0.15) is 0 Å². The summed E-state index contributed by atoms with van der Waals surface area (Å²) in [7, 11) is 0. The monoisotopic (exact) mass is 722 g/mol. The summed E-state index contributed by atoms with van der Waals surface area (Å²) in [5.41, 5.74) is 10.2. The molecule has 4 N–H and O–H groups in total. The van der Waals surface area contributed by atoms with Crippen LogP contribution in [0.5, 0.6) is 0 Å². The number of hydrogen-bond donors (Lipinski definition) is 1. The number of halogens is 4. The van der Waals surface area contributed by atoms with E-state index in [1.165, 1.54) is 22.5 Å². The summed E-state index contributed by atoms with van der Waals surface area (Å²) in [6.07, 6.45) is 6.02. The fourth-order valence-corrected chi connectivity index (χ4v) is 8.19. The molecule has 11 heteroatoms. The van der Waals surface area contributed by atoms with Gasteiger partial charge in [-0.25, -0.2) is 4.98 Å². The second-order valence-corrected chi connectivity index (χ2v) is 13.8. The van der Waals surface area contributed by atoms with Crippen molar-refractivity contribution in [2.75, 3.05) is 38.5 Å². The van der Waals surface area contributed by atoms with Gasteiger partial charge in [-0.1, -0.05) is 77.8 Å². The van der Waals surface area contributed by atoms with Crippen molar-refractivity contribution in [3.05, 3.63) is 117 Å². The third-order valence-electron chi connectivity index (χ3n) is 9.59. The molecule has 4 aromatic rings. The van der Waals surface area contributed by atoms with Crippen molar-refractivity contribution in [2.45, 2.75) is 49.4 Å². The Bertz CT molecular complexity index is 1550. The Hall–Kier alpha value is -2.36. The number of carbonyl (C=O) groups excluding carboxylic acids is 1. The van der Waals surface area contributed by atoms with Crippen LogP contribution in [-0.2, 0) is 10.8 Å². The Morgan fingerprint density at radius 2 is 1.54 bits per heavy atom. The maximum atomic E-state index is 13.5. The molecular weight excluding hydrogens is 682 g/mol. The second kappa shape index (κ2) is 16.6. The quantitative estimate of drug-likeness (QED) is 0.199. The summed E-state index contributed by atoms with van der Waals surface area (Å²) in [6, 6.07) is 26.4. The molecule has 3 aromatic carbocycles. The van der Waals surface area contributed by atoms with E-state index >= 15 is 0 Å². The normalized spacial score (nSPS) is 19.3. The van der Waals surface area contributed by atoms with E-state index in [9.17, 15) is 4.79 Å². The van der Waals surface area contributed by atoms with E-state index in [0.717, 1.165) is 76.0 Å². The van der Waals surface area contributed by atoms with Gasteiger partial charge in [0.15, 0.2) is 5.13 Å². The summed E-state index contributed by atoms with van der Waals surface area (Å²) in [4.78, 5) is 22.9. The average molecular weight is 725 g/mol. The standard InChI is InChI=1S/C35H38Cl2N4OS.2ClH.H2O/c36-29-14-13-28(23-30(29)37)34(16-8-20-41(25-34)32(42)26-9-3-1-4-10-26)15-7-19-40-21-17-35(18-22-40,27-11-5-2-6-12-27)31-24-43-33(38)39-31;;;/h1-6,9-14,23-24H,7-8,15-22,25H2,(H2,38,39);2*1H;1H2. The first-order valence-corrected chi connectivity index (χ1v) is 16.8. The molecule has 1 aromatic heterocycles. The van der Waals surface area contributed by atoms with E-state index in [0.29, 0.717) is 21.7 Å². The number of benzene rings is 3. The predicted octanol–water partition coefficient (Wildman–Crippen LogP) is 8.09. The number of piperidine rings is 2. The van der Waals surface area contributed by atoms with Crippen LogP contribution in [0, 0.1) is 0 Å². The number of nitrogen functional groups attached to an aromatic ring is 1. The molecule has 1 amide bonds. The van der Waals surface area contributed by atoms with E-state index in [1.54, 1.807) is 0 Å². The molecule has 6 rings (SSSR count). The van der Waals surface area contributed by atoms with Gasteiger partial charge in [0.25, 0.3) is 5.91 Å². The highest BCUT2D eigenvalue weighted by molar-refractivity contribution is 7.13. The Morgan fingerprint density at radius 1 is 0.870 bits per heavy atom. The summed E-state index contributed by atoms with van der Waals surface area (Å²) in [6.45, 7) is 4.47. The van der Waals surface area contributed by atoms with Gasteiger partial charge in [-0.2, -0.15) is 0 Å². The number of nitrogens with zero attached hydrogens (tertiary/aromatic N) is 3. The molecule has 1 unspecified atom stereocenters. The minimum absolute atomic E-state index is 0. The zero-order chi connectivity index (χ0) is 29.9. The Kier molecular flexibility index (Phi) is 13.8. The highest BCUT2D eigenvalue weighted by atomic mass is 35.5. The van der Waals surface area contributed by atoms with Gasteiger partial charge in [0.2, 0.25) is 0 Å². The molecule has 0 spiro atoms. The fraction of sp³-hybridized carbons (Fsp3) is 0.371. The Labute approximate surface area is 298 Å². The van der Waals surface area contributed by atoms with Crippen LogP contribution in [0.25, 0.3) is 0 Å². The summed E-state index contributed by atoms with van der Waals surface area (Å²) < 4.78 is 0. The maximum absolute atomic E-state index is 13.5. The SMILES string of the molecule is Cl.Cl.Nc1nc(C2(c3ccccc3)CCN(CCCC3(c4ccc(Cl)c(Cl)c4)CCCN(C(=O)c4ccccc4)C3)CC2)cs1.O. The largest absolute Gasteiger partial charge is 0.412 e. The summed E-state index contributed by atoms with van der Waals surface area (Å²) in [5.74, 6) is 0.0979. The summed E-state index contributed by atoms with van der Waals surface area (Å²) in [5, 5.41) is 3.91. The molecule has 248 valence electrons. The topological polar surface area (TPSA) is 94.0 Å². The number of aromatic nitrogens is 1. The lowest BCUT2D eigenvalue weighted by Crippen LogP contribution is -2.49. The van der Waals surface area contributed by atoms with Gasteiger partial charge in [0, 0.05) is 34.9 Å². The van der Waals surface area contributed by atoms with Crippen molar-refractivity contribution in [1.29, 1.82) is 0 Å². The minimum Gasteiger partial charge on any atom is -0.412 e. The first-order chi connectivity index (χ1) is 20.9. The van der Waals surface area contributed by atoms with Crippen LogP contribution in [0.1, 0.15) is 65.7 Å². The van der Waals surface area contributed by atoms with Crippen LogP contribution in [0.4, 0.5) is 5.13 Å². The number of carbonyl (C=O) groups is 1. The highest BCUT2D eigenvalue weighted by Gasteiger charge is 2.41. The lowest BCUT2D eigenvalue weighted by molar-refractivity contribution is 0.0618. The molecule has 3 heterocycles. The molecule has 0 bridgehead atoms. The van der Waals surface area contributed by atoms with Crippen molar-refractivity contribution in [1.82, 2.24) is 14.8 Å². The van der Waals surface area contributed by atoms with E-state index in [-0.39, 0.29) is 47.0 Å². The molecule has 46 heavy (non-hydrogen) atoms. The van der Waals surface area contributed by atoms with Gasteiger partial charge in [-0.05, 0) is 93.6 Å². The van der Waals surface area contributed by atoms with Crippen LogP contribution in [0.15, 0.2) is 84.2 Å². The smallest absolute Gasteiger partial charge is 0.253 e. The average Bonchev–Trinajstić information content (AvgIpc) is 3.50. The number of anilines is 1. The molecule has 0 aliphatic carbocycles. The van der Waals surface area contributed by atoms with Gasteiger partial charge in [-0.15, -0.1) is 36.2 Å². The van der Waals surface area contributed by atoms with Gasteiger partial charge in [0.05, 0.1) is 15.7 Å².